The van der Waals surface area contributed by atoms with Gasteiger partial charge in [0.05, 0.1) is 12.1 Å². The number of nitriles is 1. The van der Waals surface area contributed by atoms with Crippen LogP contribution in [-0.2, 0) is 37.6 Å². The third kappa shape index (κ3) is 2.80. The van der Waals surface area contributed by atoms with Crippen LogP contribution in [0.3, 0.4) is 0 Å². The number of carbonyl (C=O) groups excluding carboxylic acids is 1. The zero-order valence-electron chi connectivity index (χ0n) is 14.1. The highest BCUT2D eigenvalue weighted by molar-refractivity contribution is 7.99. The van der Waals surface area contributed by atoms with Gasteiger partial charge in [0.2, 0.25) is 5.91 Å². The average molecular weight is 344 g/mol. The van der Waals surface area contributed by atoms with E-state index < -0.39 is 0 Å². The van der Waals surface area contributed by atoms with Gasteiger partial charge in [-0.1, -0.05) is 25.6 Å². The van der Waals surface area contributed by atoms with E-state index in [0.29, 0.717) is 11.5 Å². The minimum Gasteiger partial charge on any atom is -0.308 e. The summed E-state index contributed by atoms with van der Waals surface area (Å²) >= 11 is 1.60. The van der Waals surface area contributed by atoms with Gasteiger partial charge in [0.25, 0.3) is 0 Å². The van der Waals surface area contributed by atoms with Crippen LogP contribution in [0.25, 0.3) is 0 Å². The van der Waals surface area contributed by atoms with Crippen molar-refractivity contribution in [3.8, 4) is 6.07 Å². The molecule has 1 aliphatic rings. The van der Waals surface area contributed by atoms with Crippen molar-refractivity contribution < 1.29 is 4.79 Å². The van der Waals surface area contributed by atoms with Crippen molar-refractivity contribution >= 4 is 23.5 Å². The number of rotatable bonds is 5. The molecular formula is C16H20N6OS. The van der Waals surface area contributed by atoms with Crippen molar-refractivity contribution in [3.05, 3.63) is 22.6 Å². The van der Waals surface area contributed by atoms with Crippen LogP contribution in [0.4, 0.5) is 5.82 Å². The van der Waals surface area contributed by atoms with Gasteiger partial charge in [0.1, 0.15) is 6.07 Å². The first kappa shape index (κ1) is 16.6. The molecule has 2 aromatic rings. The number of thioether (sulfide) groups is 1. The molecule has 0 saturated carbocycles. The molecule has 0 saturated heterocycles. The van der Waals surface area contributed by atoms with Crippen LogP contribution < -0.4 is 5.32 Å². The molecule has 0 aromatic carbocycles. The van der Waals surface area contributed by atoms with Gasteiger partial charge in [-0.05, 0) is 12.8 Å². The third-order valence-electron chi connectivity index (χ3n) is 4.21. The second-order valence-corrected chi connectivity index (χ2v) is 6.69. The van der Waals surface area contributed by atoms with E-state index in [1.165, 1.54) is 0 Å². The van der Waals surface area contributed by atoms with Crippen molar-refractivity contribution in [1.82, 2.24) is 19.3 Å². The number of aromatic nitrogens is 4. The lowest BCUT2D eigenvalue weighted by Crippen LogP contribution is -2.17. The minimum atomic E-state index is -0.161. The fourth-order valence-corrected chi connectivity index (χ4v) is 4.06. The second-order valence-electron chi connectivity index (χ2n) is 5.63. The van der Waals surface area contributed by atoms with Gasteiger partial charge in [-0.15, -0.1) is 0 Å². The van der Waals surface area contributed by atoms with Crippen LogP contribution in [-0.4, -0.2) is 31.0 Å². The Kier molecular flexibility index (Phi) is 4.62. The summed E-state index contributed by atoms with van der Waals surface area (Å²) in [7, 11) is 1.91. The predicted octanol–water partition coefficient (Wildman–Crippen LogP) is 1.90. The Morgan fingerprint density at radius 3 is 2.88 bits per heavy atom. The van der Waals surface area contributed by atoms with Gasteiger partial charge in [0.15, 0.2) is 16.7 Å². The highest BCUT2D eigenvalue weighted by Crippen LogP contribution is 2.30. The van der Waals surface area contributed by atoms with E-state index in [-0.39, 0.29) is 12.3 Å². The summed E-state index contributed by atoms with van der Waals surface area (Å²) in [6.45, 7) is 4.85. The first-order chi connectivity index (χ1) is 11.6. The number of aryl methyl sites for hydroxylation is 2. The van der Waals surface area contributed by atoms with E-state index in [1.54, 1.807) is 11.8 Å². The lowest BCUT2D eigenvalue weighted by molar-refractivity contribution is -0.115. The maximum Gasteiger partial charge on any atom is 0.230 e. The van der Waals surface area contributed by atoms with Crippen LogP contribution in [0.1, 0.15) is 36.5 Å². The Bertz CT molecular complexity index is 829. The van der Waals surface area contributed by atoms with E-state index in [1.807, 2.05) is 23.2 Å². The van der Waals surface area contributed by atoms with E-state index in [0.717, 1.165) is 47.2 Å². The maximum absolute atomic E-state index is 12.5. The molecule has 126 valence electrons. The molecule has 24 heavy (non-hydrogen) atoms. The molecular weight excluding hydrogens is 324 g/mol. The Balaban J connectivity index is 1.82. The summed E-state index contributed by atoms with van der Waals surface area (Å²) in [5.41, 5.74) is 3.44. The fraction of sp³-hybridized carbons (Fsp3) is 0.500. The predicted molar refractivity (Wildman–Crippen MR) is 92.0 cm³/mol. The molecule has 2 aromatic heterocycles. The van der Waals surface area contributed by atoms with Crippen LogP contribution in [0.15, 0.2) is 5.16 Å². The standard InChI is InChI=1S/C16H20N6OS/c1-4-11-10(12(5-2)21(3)20-11)8-14(23)18-15-13(9-17)22-6-7-24-16(22)19-15/h4-8H2,1-3H3,(H,18,23). The average Bonchev–Trinajstić information content (AvgIpc) is 3.20. The van der Waals surface area contributed by atoms with Gasteiger partial charge in [-0.2, -0.15) is 10.4 Å². The number of nitrogens with zero attached hydrogens (tertiary/aromatic N) is 5. The molecule has 0 radical (unpaired) electrons. The van der Waals surface area contributed by atoms with E-state index >= 15 is 0 Å². The molecule has 0 spiro atoms. The van der Waals surface area contributed by atoms with Crippen molar-refractivity contribution in [1.29, 1.82) is 5.26 Å². The third-order valence-corrected chi connectivity index (χ3v) is 5.16. The second kappa shape index (κ2) is 6.69. The highest BCUT2D eigenvalue weighted by atomic mass is 32.2. The Hall–Kier alpha value is -2.27. The summed E-state index contributed by atoms with van der Waals surface area (Å²) in [5, 5.41) is 17.5. The van der Waals surface area contributed by atoms with Gasteiger partial charge in [-0.3, -0.25) is 9.48 Å². The first-order valence-corrected chi connectivity index (χ1v) is 9.04. The molecule has 0 bridgehead atoms. The summed E-state index contributed by atoms with van der Waals surface area (Å²) in [5.74, 6) is 1.12. The number of amides is 1. The molecule has 7 nitrogen and oxygen atoms in total. The van der Waals surface area contributed by atoms with E-state index in [4.69, 9.17) is 0 Å². The molecule has 8 heteroatoms. The molecule has 0 aliphatic carbocycles. The number of hydrogen-bond acceptors (Lipinski definition) is 5. The summed E-state index contributed by atoms with van der Waals surface area (Å²) < 4.78 is 3.71. The van der Waals surface area contributed by atoms with E-state index in [9.17, 15) is 10.1 Å². The van der Waals surface area contributed by atoms with Crippen molar-refractivity contribution in [2.45, 2.75) is 44.8 Å². The van der Waals surface area contributed by atoms with Gasteiger partial charge in [-0.25, -0.2) is 4.98 Å². The van der Waals surface area contributed by atoms with Gasteiger partial charge >= 0.3 is 0 Å². The number of fused-ring (bicyclic) bond motifs is 1. The number of hydrogen-bond donors (Lipinski definition) is 1. The Morgan fingerprint density at radius 2 is 2.21 bits per heavy atom. The number of imidazole rings is 1. The minimum absolute atomic E-state index is 0.161. The molecule has 0 fully saturated rings. The van der Waals surface area contributed by atoms with Crippen LogP contribution in [0.2, 0.25) is 0 Å². The molecule has 3 heterocycles. The summed E-state index contributed by atoms with van der Waals surface area (Å²) in [6, 6.07) is 2.15. The maximum atomic E-state index is 12.5. The molecule has 1 N–H and O–H groups in total. The largest absolute Gasteiger partial charge is 0.308 e. The number of nitrogens with one attached hydrogen (secondary N) is 1. The lowest BCUT2D eigenvalue weighted by Gasteiger charge is -2.06. The molecule has 1 amide bonds. The van der Waals surface area contributed by atoms with Crippen molar-refractivity contribution in [2.24, 2.45) is 7.05 Å². The van der Waals surface area contributed by atoms with Crippen molar-refractivity contribution in [2.75, 3.05) is 11.1 Å². The molecule has 3 rings (SSSR count). The Morgan fingerprint density at radius 1 is 1.42 bits per heavy atom. The smallest absolute Gasteiger partial charge is 0.230 e. The van der Waals surface area contributed by atoms with Crippen molar-refractivity contribution in [3.63, 3.8) is 0 Å². The highest BCUT2D eigenvalue weighted by Gasteiger charge is 2.24. The SMILES string of the molecule is CCc1nn(C)c(CC)c1CC(=O)Nc1nc2n(c1C#N)CCS2. The van der Waals surface area contributed by atoms with Gasteiger partial charge in [0, 0.05) is 30.6 Å². The zero-order valence-corrected chi connectivity index (χ0v) is 14.9. The first-order valence-electron chi connectivity index (χ1n) is 8.05. The Labute approximate surface area is 145 Å². The summed E-state index contributed by atoms with van der Waals surface area (Å²) in [6.07, 6.45) is 1.86. The number of carbonyl (C=O) groups is 1. The van der Waals surface area contributed by atoms with E-state index in [2.05, 4.69) is 28.4 Å². The molecule has 0 atom stereocenters. The quantitative estimate of drug-likeness (QED) is 0.895. The monoisotopic (exact) mass is 344 g/mol. The topological polar surface area (TPSA) is 88.5 Å². The zero-order chi connectivity index (χ0) is 17.3. The van der Waals surface area contributed by atoms with Crippen LogP contribution in [0.5, 0.6) is 0 Å². The molecule has 1 aliphatic heterocycles. The fourth-order valence-electron chi connectivity index (χ4n) is 3.11. The van der Waals surface area contributed by atoms with Gasteiger partial charge < -0.3 is 9.88 Å². The summed E-state index contributed by atoms with van der Waals surface area (Å²) in [4.78, 5) is 16.9. The normalized spacial score (nSPS) is 12.9. The van der Waals surface area contributed by atoms with Crippen LogP contribution in [0, 0.1) is 11.3 Å². The number of anilines is 1. The molecule has 0 unspecified atom stereocenters. The lowest BCUT2D eigenvalue weighted by atomic mass is 10.1. The van der Waals surface area contributed by atoms with Crippen LogP contribution >= 0.6 is 11.8 Å².